The normalized spacial score (nSPS) is 21.0. The van der Waals surface area contributed by atoms with Crippen LogP contribution < -0.4 is 5.32 Å². The molecular formula is C22H34N4O3. The molecule has 1 aromatic rings. The maximum absolute atomic E-state index is 12.6. The summed E-state index contributed by atoms with van der Waals surface area (Å²) in [5, 5.41) is 3.04. The van der Waals surface area contributed by atoms with Crippen molar-refractivity contribution >= 4 is 12.0 Å². The van der Waals surface area contributed by atoms with Gasteiger partial charge in [-0.2, -0.15) is 0 Å². The van der Waals surface area contributed by atoms with E-state index in [1.165, 1.54) is 0 Å². The molecule has 0 saturated carbocycles. The van der Waals surface area contributed by atoms with Gasteiger partial charge >= 0.3 is 6.09 Å². The molecule has 1 atom stereocenters. The first-order valence-electron chi connectivity index (χ1n) is 11.0. The monoisotopic (exact) mass is 402 g/mol. The highest BCUT2D eigenvalue weighted by atomic mass is 16.6. The van der Waals surface area contributed by atoms with E-state index in [4.69, 9.17) is 4.74 Å². The number of piperidine rings is 2. The van der Waals surface area contributed by atoms with Crippen molar-refractivity contribution in [2.24, 2.45) is 5.92 Å². The van der Waals surface area contributed by atoms with Gasteiger partial charge in [-0.1, -0.05) is 19.4 Å². The number of hydrogen-bond donors (Lipinski definition) is 1. The van der Waals surface area contributed by atoms with Crippen LogP contribution >= 0.6 is 0 Å². The zero-order valence-corrected chi connectivity index (χ0v) is 17.5. The fraction of sp³-hybridized carbons (Fsp3) is 0.682. The highest BCUT2D eigenvalue weighted by Gasteiger charge is 2.32. The number of rotatable bonds is 7. The third-order valence-corrected chi connectivity index (χ3v) is 5.96. The van der Waals surface area contributed by atoms with E-state index in [-0.39, 0.29) is 17.9 Å². The maximum atomic E-state index is 12.6. The van der Waals surface area contributed by atoms with Crippen molar-refractivity contribution in [3.05, 3.63) is 30.1 Å². The molecule has 2 saturated heterocycles. The minimum Gasteiger partial charge on any atom is -0.449 e. The minimum atomic E-state index is -0.178. The Balaban J connectivity index is 1.41. The Labute approximate surface area is 173 Å². The van der Waals surface area contributed by atoms with Crippen LogP contribution in [0.3, 0.4) is 0 Å². The van der Waals surface area contributed by atoms with Gasteiger partial charge < -0.3 is 15.0 Å². The van der Waals surface area contributed by atoms with Crippen molar-refractivity contribution < 1.29 is 14.3 Å². The quantitative estimate of drug-likeness (QED) is 0.710. The zero-order valence-electron chi connectivity index (χ0n) is 17.5. The van der Waals surface area contributed by atoms with Crippen LogP contribution in [0.15, 0.2) is 24.4 Å². The van der Waals surface area contributed by atoms with Gasteiger partial charge in [0.25, 0.3) is 0 Å². The molecule has 0 bridgehead atoms. The minimum absolute atomic E-state index is 0.0319. The Kier molecular flexibility index (Phi) is 8.28. The van der Waals surface area contributed by atoms with Gasteiger partial charge in [0, 0.05) is 31.9 Å². The molecule has 2 aliphatic heterocycles. The fourth-order valence-corrected chi connectivity index (χ4v) is 4.19. The van der Waals surface area contributed by atoms with E-state index in [1.54, 1.807) is 6.20 Å². The van der Waals surface area contributed by atoms with Crippen molar-refractivity contribution in [2.75, 3.05) is 32.8 Å². The molecule has 2 amide bonds. The van der Waals surface area contributed by atoms with Gasteiger partial charge in [0.2, 0.25) is 5.91 Å². The molecule has 0 spiro atoms. The summed E-state index contributed by atoms with van der Waals surface area (Å²) in [5.74, 6) is 0.154. The Bertz CT molecular complexity index is 647. The number of ether oxygens (including phenoxy) is 1. The van der Waals surface area contributed by atoms with Crippen LogP contribution in [0.2, 0.25) is 0 Å². The van der Waals surface area contributed by atoms with Gasteiger partial charge in [-0.25, -0.2) is 4.79 Å². The first kappa shape index (κ1) is 21.6. The maximum Gasteiger partial charge on any atom is 0.409 e. The van der Waals surface area contributed by atoms with Crippen LogP contribution in [0.25, 0.3) is 0 Å². The highest BCUT2D eigenvalue weighted by molar-refractivity contribution is 5.78. The van der Waals surface area contributed by atoms with E-state index < -0.39 is 0 Å². The number of hydrogen-bond acceptors (Lipinski definition) is 5. The van der Waals surface area contributed by atoms with Crippen LogP contribution in [-0.2, 0) is 16.1 Å². The Morgan fingerprint density at radius 1 is 1.21 bits per heavy atom. The van der Waals surface area contributed by atoms with Crippen molar-refractivity contribution in [3.63, 3.8) is 0 Å². The lowest BCUT2D eigenvalue weighted by atomic mass is 9.93. The van der Waals surface area contributed by atoms with Crippen LogP contribution in [0, 0.1) is 5.92 Å². The van der Waals surface area contributed by atoms with Gasteiger partial charge in [0.05, 0.1) is 24.8 Å². The molecule has 1 aromatic heterocycles. The second-order valence-corrected chi connectivity index (χ2v) is 8.06. The summed E-state index contributed by atoms with van der Waals surface area (Å²) in [6, 6.07) is 6.18. The van der Waals surface area contributed by atoms with Gasteiger partial charge in [-0.15, -0.1) is 0 Å². The van der Waals surface area contributed by atoms with Gasteiger partial charge in [-0.05, 0) is 50.8 Å². The number of nitrogens with one attached hydrogen (secondary N) is 1. The van der Waals surface area contributed by atoms with Crippen LogP contribution in [0.1, 0.15) is 51.1 Å². The third-order valence-electron chi connectivity index (χ3n) is 5.96. The van der Waals surface area contributed by atoms with Gasteiger partial charge in [-0.3, -0.25) is 14.7 Å². The number of unbranched alkanes of at least 4 members (excludes halogenated alkanes) is 1. The Hall–Kier alpha value is -2.15. The topological polar surface area (TPSA) is 74.8 Å². The van der Waals surface area contributed by atoms with Crippen molar-refractivity contribution in [3.8, 4) is 0 Å². The molecule has 160 valence electrons. The number of likely N-dealkylation sites (tertiary alicyclic amines) is 2. The molecule has 7 nitrogen and oxygen atoms in total. The van der Waals surface area contributed by atoms with E-state index in [9.17, 15) is 9.59 Å². The smallest absolute Gasteiger partial charge is 0.409 e. The highest BCUT2D eigenvalue weighted by Crippen LogP contribution is 2.24. The number of nitrogens with zero attached hydrogens (tertiary/aromatic N) is 3. The average molecular weight is 403 g/mol. The van der Waals surface area contributed by atoms with Gasteiger partial charge in [0.15, 0.2) is 0 Å². The molecule has 0 unspecified atom stereocenters. The fourth-order valence-electron chi connectivity index (χ4n) is 4.19. The number of amides is 2. The van der Waals surface area contributed by atoms with Crippen LogP contribution in [0.5, 0.6) is 0 Å². The summed E-state index contributed by atoms with van der Waals surface area (Å²) in [4.78, 5) is 33.3. The zero-order chi connectivity index (χ0) is 20.5. The van der Waals surface area contributed by atoms with Crippen LogP contribution in [0.4, 0.5) is 4.79 Å². The van der Waals surface area contributed by atoms with E-state index >= 15 is 0 Å². The Morgan fingerprint density at radius 2 is 2.03 bits per heavy atom. The molecule has 0 aromatic carbocycles. The van der Waals surface area contributed by atoms with Crippen molar-refractivity contribution in [1.29, 1.82) is 0 Å². The molecule has 2 aliphatic rings. The second-order valence-electron chi connectivity index (χ2n) is 8.06. The van der Waals surface area contributed by atoms with E-state index in [0.29, 0.717) is 19.2 Å². The Morgan fingerprint density at radius 3 is 2.76 bits per heavy atom. The summed E-state index contributed by atoms with van der Waals surface area (Å²) >= 11 is 0. The lowest BCUT2D eigenvalue weighted by Gasteiger charge is -2.41. The van der Waals surface area contributed by atoms with Crippen molar-refractivity contribution in [2.45, 2.75) is 58.0 Å². The van der Waals surface area contributed by atoms with Crippen molar-refractivity contribution in [1.82, 2.24) is 20.1 Å². The summed E-state index contributed by atoms with van der Waals surface area (Å²) in [7, 11) is 0. The summed E-state index contributed by atoms with van der Waals surface area (Å²) in [5.41, 5.74) is 0.881. The lowest BCUT2D eigenvalue weighted by Crippen LogP contribution is -2.51. The predicted octanol–water partition coefficient (Wildman–Crippen LogP) is 2.81. The standard InChI is InChI=1S/C22H34N4O3/c1-2-3-15-29-22(28)25-13-9-20(10-14-25)26-12-6-7-18(17-26)21(27)24-16-19-8-4-5-11-23-19/h4-5,8,11,18,20H,2-3,6-7,9-10,12-17H2,1H3,(H,24,27)/t18-/m1/s1. The van der Waals surface area contributed by atoms with Crippen LogP contribution in [-0.4, -0.2) is 65.6 Å². The summed E-state index contributed by atoms with van der Waals surface area (Å²) in [6.45, 7) is 6.40. The molecule has 0 radical (unpaired) electrons. The largest absolute Gasteiger partial charge is 0.449 e. The summed E-state index contributed by atoms with van der Waals surface area (Å²) < 4.78 is 5.33. The number of pyridine rings is 1. The predicted molar refractivity (Wildman–Crippen MR) is 111 cm³/mol. The SMILES string of the molecule is CCCCOC(=O)N1CCC(N2CCC[C@@H](C(=O)NCc3ccccn3)C2)CC1. The molecule has 0 aliphatic carbocycles. The molecule has 29 heavy (non-hydrogen) atoms. The molecule has 1 N–H and O–H groups in total. The van der Waals surface area contributed by atoms with Gasteiger partial charge in [0.1, 0.15) is 0 Å². The van der Waals surface area contributed by atoms with E-state index in [2.05, 4.69) is 22.1 Å². The summed E-state index contributed by atoms with van der Waals surface area (Å²) in [6.07, 6.45) is 7.39. The molecule has 3 heterocycles. The average Bonchev–Trinajstić information content (AvgIpc) is 2.78. The van der Waals surface area contributed by atoms with E-state index in [1.807, 2.05) is 23.1 Å². The number of carbonyl (C=O) groups excluding carboxylic acids is 2. The molecule has 2 fully saturated rings. The molecule has 7 heteroatoms. The third kappa shape index (κ3) is 6.42. The second kappa shape index (κ2) is 11.1. The molecule has 3 rings (SSSR count). The van der Waals surface area contributed by atoms with E-state index in [0.717, 1.165) is 70.4 Å². The molecular weight excluding hydrogens is 368 g/mol. The number of carbonyl (C=O) groups is 2. The lowest BCUT2D eigenvalue weighted by molar-refractivity contribution is -0.127. The number of aromatic nitrogens is 1. The first-order chi connectivity index (χ1) is 14.2. The first-order valence-corrected chi connectivity index (χ1v) is 11.0.